The highest BCUT2D eigenvalue weighted by Gasteiger charge is 2.43. The normalized spacial score (nSPS) is 21.2. The van der Waals surface area contributed by atoms with E-state index in [-0.39, 0.29) is 67.2 Å². The molecule has 0 saturated heterocycles. The molecule has 0 radical (unpaired) electrons. The third-order valence-electron chi connectivity index (χ3n) is 7.65. The number of hydrogen-bond donors (Lipinski definition) is 1. The number of carbonyl (C=O) groups is 1. The van der Waals surface area contributed by atoms with E-state index in [2.05, 4.69) is 4.98 Å². The van der Waals surface area contributed by atoms with Crippen molar-refractivity contribution in [2.75, 3.05) is 24.7 Å². The topological polar surface area (TPSA) is 100 Å². The standard InChI is InChI=1S/C27H33F4N3O5S2/c1-26(28,29)9-6-19-15-34(18-7-10-27(30,31)11-8-18)20-13-22(40-3)21(14-23(20)41(37,38)33(19)2)39-16-17-5-4-12-32-24(17)25(35)36/h4-5,12-14,18-19H,6-11,15-16H2,1-3H3,(H,35,36)/t19-/m1/s1. The summed E-state index contributed by atoms with van der Waals surface area (Å²) < 4.78 is 90.6. The number of thioether (sulfide) groups is 1. The van der Waals surface area contributed by atoms with Crippen LogP contribution in [0.3, 0.4) is 0 Å². The van der Waals surface area contributed by atoms with Crippen LogP contribution in [0.15, 0.2) is 40.3 Å². The lowest BCUT2D eigenvalue weighted by Crippen LogP contribution is -2.47. The van der Waals surface area contributed by atoms with Crippen LogP contribution in [0.2, 0.25) is 0 Å². The molecule has 8 nitrogen and oxygen atoms in total. The summed E-state index contributed by atoms with van der Waals surface area (Å²) in [6, 6.07) is 4.85. The molecule has 1 aliphatic carbocycles. The van der Waals surface area contributed by atoms with Gasteiger partial charge in [-0.15, -0.1) is 11.8 Å². The van der Waals surface area contributed by atoms with Crippen molar-refractivity contribution in [1.82, 2.24) is 9.29 Å². The molecule has 0 unspecified atom stereocenters. The average molecular weight is 620 g/mol. The van der Waals surface area contributed by atoms with E-state index in [0.717, 1.165) is 11.2 Å². The van der Waals surface area contributed by atoms with Gasteiger partial charge in [0.1, 0.15) is 17.3 Å². The van der Waals surface area contributed by atoms with E-state index in [1.165, 1.54) is 37.1 Å². The van der Waals surface area contributed by atoms with E-state index in [1.54, 1.807) is 23.3 Å². The first-order valence-corrected chi connectivity index (χ1v) is 15.8. The molecule has 41 heavy (non-hydrogen) atoms. The Morgan fingerprint density at radius 2 is 1.95 bits per heavy atom. The lowest BCUT2D eigenvalue weighted by Gasteiger charge is -2.40. The van der Waals surface area contributed by atoms with Gasteiger partial charge in [0, 0.05) is 62.8 Å². The number of aromatic carboxylic acids is 1. The number of fused-ring (bicyclic) bond motifs is 1. The number of anilines is 1. The van der Waals surface area contributed by atoms with Crippen LogP contribution in [0.25, 0.3) is 0 Å². The molecule has 0 amide bonds. The number of carboxylic acids is 1. The number of sulfonamides is 1. The highest BCUT2D eigenvalue weighted by molar-refractivity contribution is 7.98. The van der Waals surface area contributed by atoms with Gasteiger partial charge in [0.2, 0.25) is 21.9 Å². The molecular weight excluding hydrogens is 586 g/mol. The molecule has 1 aliphatic heterocycles. The summed E-state index contributed by atoms with van der Waals surface area (Å²) in [5, 5.41) is 9.45. The van der Waals surface area contributed by atoms with Crippen LogP contribution >= 0.6 is 11.8 Å². The monoisotopic (exact) mass is 619 g/mol. The van der Waals surface area contributed by atoms with Gasteiger partial charge in [-0.25, -0.2) is 35.8 Å². The minimum Gasteiger partial charge on any atom is -0.488 e. The molecule has 1 saturated carbocycles. The second kappa shape index (κ2) is 12.0. The van der Waals surface area contributed by atoms with Crippen LogP contribution in [0.5, 0.6) is 5.75 Å². The van der Waals surface area contributed by atoms with Crippen LogP contribution in [-0.4, -0.2) is 72.6 Å². The Morgan fingerprint density at radius 1 is 1.27 bits per heavy atom. The Labute approximate surface area is 241 Å². The van der Waals surface area contributed by atoms with Gasteiger partial charge in [-0.1, -0.05) is 6.07 Å². The van der Waals surface area contributed by atoms with Gasteiger partial charge >= 0.3 is 5.97 Å². The first-order chi connectivity index (χ1) is 19.1. The molecule has 1 N–H and O–H groups in total. The van der Waals surface area contributed by atoms with Gasteiger partial charge in [-0.3, -0.25) is 0 Å². The van der Waals surface area contributed by atoms with Gasteiger partial charge < -0.3 is 14.7 Å². The molecular formula is C27H33F4N3O5S2. The summed E-state index contributed by atoms with van der Waals surface area (Å²) >= 11 is 1.27. The molecule has 1 aromatic carbocycles. The van der Waals surface area contributed by atoms with Crippen molar-refractivity contribution >= 4 is 33.4 Å². The summed E-state index contributed by atoms with van der Waals surface area (Å²) in [5.41, 5.74) is 0.394. The van der Waals surface area contributed by atoms with Crippen LogP contribution in [-0.2, 0) is 16.6 Å². The molecule has 2 heterocycles. The quantitative estimate of drug-likeness (QED) is 0.274. The zero-order valence-electron chi connectivity index (χ0n) is 22.9. The zero-order chi connectivity index (χ0) is 30.2. The van der Waals surface area contributed by atoms with E-state index in [0.29, 0.717) is 10.6 Å². The summed E-state index contributed by atoms with van der Waals surface area (Å²) in [7, 11) is -2.88. The number of nitrogens with zero attached hydrogens (tertiary/aromatic N) is 3. The second-order valence-electron chi connectivity index (χ2n) is 10.6. The van der Waals surface area contributed by atoms with E-state index >= 15 is 0 Å². The number of halogens is 4. The molecule has 0 bridgehead atoms. The lowest BCUT2D eigenvalue weighted by molar-refractivity contribution is -0.0384. The third-order valence-corrected chi connectivity index (χ3v) is 10.4. The van der Waals surface area contributed by atoms with E-state index in [4.69, 9.17) is 4.74 Å². The second-order valence-corrected chi connectivity index (χ2v) is 13.4. The predicted molar refractivity (Wildman–Crippen MR) is 147 cm³/mol. The van der Waals surface area contributed by atoms with Crippen molar-refractivity contribution < 1.29 is 40.6 Å². The summed E-state index contributed by atoms with van der Waals surface area (Å²) in [6.45, 7) is 0.647. The molecule has 226 valence electrons. The Morgan fingerprint density at radius 3 is 2.56 bits per heavy atom. The molecule has 1 atom stereocenters. The van der Waals surface area contributed by atoms with E-state index < -0.39 is 46.3 Å². The summed E-state index contributed by atoms with van der Waals surface area (Å²) in [5.74, 6) is -6.86. The van der Waals surface area contributed by atoms with Crippen LogP contribution in [0.4, 0.5) is 23.2 Å². The molecule has 14 heteroatoms. The Kier molecular flexibility index (Phi) is 9.15. The summed E-state index contributed by atoms with van der Waals surface area (Å²) in [4.78, 5) is 17.6. The number of pyridine rings is 1. The minimum atomic E-state index is -4.22. The number of alkyl halides is 4. The number of likely N-dealkylation sites (N-methyl/N-ethyl adjacent to an activating group) is 1. The maximum Gasteiger partial charge on any atom is 0.354 e. The van der Waals surface area contributed by atoms with Gasteiger partial charge in [-0.2, -0.15) is 4.31 Å². The van der Waals surface area contributed by atoms with Crippen LogP contribution in [0, 0.1) is 0 Å². The van der Waals surface area contributed by atoms with Crippen LogP contribution < -0.4 is 9.64 Å². The maximum absolute atomic E-state index is 14.0. The highest BCUT2D eigenvalue weighted by atomic mass is 32.2. The number of rotatable bonds is 9. The van der Waals surface area contributed by atoms with Crippen LogP contribution in [0.1, 0.15) is 61.5 Å². The van der Waals surface area contributed by atoms with Gasteiger partial charge in [0.15, 0.2) is 5.69 Å². The van der Waals surface area contributed by atoms with Crippen molar-refractivity contribution in [1.29, 1.82) is 0 Å². The molecule has 0 spiro atoms. The highest BCUT2D eigenvalue weighted by Crippen LogP contribution is 2.45. The first kappa shape index (κ1) is 31.4. The van der Waals surface area contributed by atoms with Gasteiger partial charge in [0.05, 0.1) is 10.6 Å². The third kappa shape index (κ3) is 7.08. The maximum atomic E-state index is 14.0. The molecule has 4 rings (SSSR count). The number of benzene rings is 1. The van der Waals surface area contributed by atoms with E-state index in [1.807, 2.05) is 0 Å². The summed E-state index contributed by atoms with van der Waals surface area (Å²) in [6.07, 6.45) is 1.99. The SMILES string of the molecule is CSc1cc2c(cc1OCc1cccnc1C(=O)O)S(=O)(=O)N(C)[C@H](CCC(C)(F)F)CN2C1CCC(F)(F)CC1. The van der Waals surface area contributed by atoms with Crippen molar-refractivity contribution in [3.8, 4) is 5.75 Å². The first-order valence-electron chi connectivity index (χ1n) is 13.2. The molecule has 1 fully saturated rings. The zero-order valence-corrected chi connectivity index (χ0v) is 24.6. The van der Waals surface area contributed by atoms with Crippen molar-refractivity contribution in [3.05, 3.63) is 41.7 Å². The number of ether oxygens (including phenoxy) is 1. The fraction of sp³-hybridized carbons (Fsp3) is 0.556. The number of aromatic nitrogens is 1. The Hall–Kier alpha value is -2.58. The lowest BCUT2D eigenvalue weighted by atomic mass is 9.90. The molecule has 2 aromatic rings. The van der Waals surface area contributed by atoms with Gasteiger partial charge in [-0.05, 0) is 44.6 Å². The van der Waals surface area contributed by atoms with Crippen molar-refractivity contribution in [2.24, 2.45) is 0 Å². The Balaban J connectivity index is 1.77. The minimum absolute atomic E-state index is 0.0702. The Bertz CT molecular complexity index is 1380. The fourth-order valence-electron chi connectivity index (χ4n) is 5.30. The average Bonchev–Trinajstić information content (AvgIpc) is 2.98. The smallest absolute Gasteiger partial charge is 0.354 e. The predicted octanol–water partition coefficient (Wildman–Crippen LogP) is 5.90. The van der Waals surface area contributed by atoms with Crippen molar-refractivity contribution in [3.63, 3.8) is 0 Å². The molecule has 1 aromatic heterocycles. The van der Waals surface area contributed by atoms with Crippen molar-refractivity contribution in [2.45, 2.75) is 85.8 Å². The van der Waals surface area contributed by atoms with E-state index in [9.17, 15) is 35.9 Å². The largest absolute Gasteiger partial charge is 0.488 e. The van der Waals surface area contributed by atoms with Gasteiger partial charge in [0.25, 0.3) is 0 Å². The fourth-order valence-corrected chi connectivity index (χ4v) is 7.42. The number of hydrogen-bond acceptors (Lipinski definition) is 7. The molecule has 2 aliphatic rings. The number of carboxylic acid groups (broad SMARTS) is 1.